The lowest BCUT2D eigenvalue weighted by Gasteiger charge is -2.43. The van der Waals surface area contributed by atoms with E-state index in [1.165, 1.54) is 32.5 Å². The van der Waals surface area contributed by atoms with Gasteiger partial charge < -0.3 is 10.4 Å². The molecule has 16 heavy (non-hydrogen) atoms. The fraction of sp³-hybridized carbons (Fsp3) is 1.00. The molecule has 94 valence electrons. The predicted molar refractivity (Wildman–Crippen MR) is 65.6 cm³/mol. The van der Waals surface area contributed by atoms with Crippen molar-refractivity contribution < 1.29 is 5.11 Å². The maximum absolute atomic E-state index is 9.23. The fourth-order valence-electron chi connectivity index (χ4n) is 3.03. The third-order valence-corrected chi connectivity index (χ3v) is 4.15. The van der Waals surface area contributed by atoms with Gasteiger partial charge in [-0.05, 0) is 33.4 Å². The van der Waals surface area contributed by atoms with E-state index < -0.39 is 0 Å². The summed E-state index contributed by atoms with van der Waals surface area (Å²) in [5.74, 6) is 0. The number of nitrogens with one attached hydrogen (secondary N) is 1. The van der Waals surface area contributed by atoms with Crippen LogP contribution in [-0.4, -0.2) is 72.9 Å². The summed E-state index contributed by atoms with van der Waals surface area (Å²) in [5, 5.41) is 12.4. The Morgan fingerprint density at radius 1 is 1.44 bits per heavy atom. The van der Waals surface area contributed by atoms with Gasteiger partial charge in [-0.25, -0.2) is 0 Å². The average molecular weight is 227 g/mol. The van der Waals surface area contributed by atoms with Gasteiger partial charge in [0.15, 0.2) is 0 Å². The molecular formula is C12H25N3O. The van der Waals surface area contributed by atoms with Crippen molar-refractivity contribution in [2.45, 2.75) is 37.9 Å². The normalized spacial score (nSPS) is 33.9. The quantitative estimate of drug-likeness (QED) is 0.694. The van der Waals surface area contributed by atoms with Gasteiger partial charge in [-0.3, -0.25) is 9.80 Å². The van der Waals surface area contributed by atoms with Gasteiger partial charge in [0, 0.05) is 37.8 Å². The molecule has 4 nitrogen and oxygen atoms in total. The summed E-state index contributed by atoms with van der Waals surface area (Å²) < 4.78 is 0. The largest absolute Gasteiger partial charge is 0.395 e. The number of aliphatic hydroxyl groups is 1. The van der Waals surface area contributed by atoms with Crippen LogP contribution < -0.4 is 5.32 Å². The lowest BCUT2D eigenvalue weighted by Crippen LogP contribution is -2.57. The van der Waals surface area contributed by atoms with Crippen molar-refractivity contribution >= 4 is 0 Å². The first kappa shape index (κ1) is 12.3. The predicted octanol–water partition coefficient (Wildman–Crippen LogP) is -0.265. The second-order valence-electron chi connectivity index (χ2n) is 5.26. The number of nitrogens with zero attached hydrogens (tertiary/aromatic N) is 2. The highest BCUT2D eigenvalue weighted by Crippen LogP contribution is 2.24. The first-order chi connectivity index (χ1) is 7.74. The summed E-state index contributed by atoms with van der Waals surface area (Å²) in [5.41, 5.74) is 0. The molecule has 0 aromatic carbocycles. The van der Waals surface area contributed by atoms with Crippen molar-refractivity contribution in [3.05, 3.63) is 0 Å². The summed E-state index contributed by atoms with van der Waals surface area (Å²) >= 11 is 0. The summed E-state index contributed by atoms with van der Waals surface area (Å²) in [4.78, 5) is 5.17. The molecule has 0 aromatic heterocycles. The third-order valence-electron chi connectivity index (χ3n) is 4.15. The molecule has 0 spiro atoms. The highest BCUT2D eigenvalue weighted by atomic mass is 16.3. The lowest BCUT2D eigenvalue weighted by molar-refractivity contribution is 0.0471. The van der Waals surface area contributed by atoms with Gasteiger partial charge in [0.2, 0.25) is 0 Å². The monoisotopic (exact) mass is 227 g/mol. The van der Waals surface area contributed by atoms with E-state index in [0.29, 0.717) is 6.04 Å². The lowest BCUT2D eigenvalue weighted by atomic mass is 10.1. The van der Waals surface area contributed by atoms with Gasteiger partial charge >= 0.3 is 0 Å². The molecule has 2 heterocycles. The van der Waals surface area contributed by atoms with Gasteiger partial charge in [-0.15, -0.1) is 0 Å². The number of piperazine rings is 1. The van der Waals surface area contributed by atoms with Crippen LogP contribution in [0.5, 0.6) is 0 Å². The van der Waals surface area contributed by atoms with E-state index in [1.807, 2.05) is 7.05 Å². The molecule has 2 aliphatic rings. The van der Waals surface area contributed by atoms with Crippen LogP contribution in [0.25, 0.3) is 0 Å². The Balaban J connectivity index is 1.89. The van der Waals surface area contributed by atoms with E-state index in [2.05, 4.69) is 22.0 Å². The molecule has 0 aromatic rings. The fourth-order valence-corrected chi connectivity index (χ4v) is 3.03. The molecule has 0 amide bonds. The summed E-state index contributed by atoms with van der Waals surface area (Å²) in [6.07, 6.45) is 2.72. The smallest absolute Gasteiger partial charge is 0.0597 e. The molecule has 3 atom stereocenters. The molecule has 4 heteroatoms. The SMILES string of the molecule is CNC(CO)CN1CC2CCCN2CC1C. The van der Waals surface area contributed by atoms with Gasteiger partial charge in [-0.2, -0.15) is 0 Å². The summed E-state index contributed by atoms with van der Waals surface area (Å²) in [6, 6.07) is 1.61. The maximum atomic E-state index is 9.23. The van der Waals surface area contributed by atoms with Crippen molar-refractivity contribution in [1.29, 1.82) is 0 Å². The second-order valence-corrected chi connectivity index (χ2v) is 5.26. The average Bonchev–Trinajstić information content (AvgIpc) is 2.72. The van der Waals surface area contributed by atoms with Crippen molar-refractivity contribution in [1.82, 2.24) is 15.1 Å². The van der Waals surface area contributed by atoms with Crippen LogP contribution in [0.2, 0.25) is 0 Å². The minimum Gasteiger partial charge on any atom is -0.395 e. The van der Waals surface area contributed by atoms with Crippen LogP contribution in [0.4, 0.5) is 0 Å². The minimum atomic E-state index is 0.218. The molecule has 0 saturated carbocycles. The highest BCUT2D eigenvalue weighted by molar-refractivity contribution is 4.91. The van der Waals surface area contributed by atoms with Gasteiger partial charge in [0.25, 0.3) is 0 Å². The molecule has 2 fully saturated rings. The molecule has 0 aliphatic carbocycles. The Bertz CT molecular complexity index is 218. The van der Waals surface area contributed by atoms with Crippen LogP contribution in [0.3, 0.4) is 0 Å². The molecular weight excluding hydrogens is 202 g/mol. The number of aliphatic hydroxyl groups excluding tert-OH is 1. The number of likely N-dealkylation sites (N-methyl/N-ethyl adjacent to an activating group) is 1. The number of hydrogen-bond donors (Lipinski definition) is 2. The molecule has 2 saturated heterocycles. The Hall–Kier alpha value is -0.160. The molecule has 3 unspecified atom stereocenters. The van der Waals surface area contributed by atoms with Crippen molar-refractivity contribution in [2.75, 3.05) is 39.8 Å². The first-order valence-corrected chi connectivity index (χ1v) is 6.50. The standard InChI is InChI=1S/C12H25N3O/c1-10-6-14-5-3-4-12(14)8-15(10)7-11(9-16)13-2/h10-13,16H,3-9H2,1-2H3. The van der Waals surface area contributed by atoms with Gasteiger partial charge in [0.1, 0.15) is 0 Å². The van der Waals surface area contributed by atoms with Crippen molar-refractivity contribution in [3.8, 4) is 0 Å². The van der Waals surface area contributed by atoms with Crippen molar-refractivity contribution in [2.24, 2.45) is 0 Å². The van der Waals surface area contributed by atoms with Crippen LogP contribution in [0, 0.1) is 0 Å². The molecule has 2 aliphatic heterocycles. The van der Waals surface area contributed by atoms with E-state index >= 15 is 0 Å². The summed E-state index contributed by atoms with van der Waals surface area (Å²) in [6.45, 7) is 7.18. The topological polar surface area (TPSA) is 38.7 Å². The molecule has 0 radical (unpaired) electrons. The minimum absolute atomic E-state index is 0.218. The zero-order valence-electron chi connectivity index (χ0n) is 10.5. The first-order valence-electron chi connectivity index (χ1n) is 6.50. The zero-order valence-corrected chi connectivity index (χ0v) is 10.5. The van der Waals surface area contributed by atoms with E-state index in [4.69, 9.17) is 0 Å². The van der Waals surface area contributed by atoms with E-state index in [1.54, 1.807) is 0 Å². The second kappa shape index (κ2) is 5.45. The van der Waals surface area contributed by atoms with E-state index in [9.17, 15) is 5.11 Å². The zero-order chi connectivity index (χ0) is 11.5. The van der Waals surface area contributed by atoms with Crippen LogP contribution in [0.1, 0.15) is 19.8 Å². The van der Waals surface area contributed by atoms with Crippen LogP contribution >= 0.6 is 0 Å². The molecule has 2 N–H and O–H groups in total. The Morgan fingerprint density at radius 2 is 2.25 bits per heavy atom. The van der Waals surface area contributed by atoms with E-state index in [0.717, 1.165) is 12.6 Å². The highest BCUT2D eigenvalue weighted by Gasteiger charge is 2.34. The van der Waals surface area contributed by atoms with Gasteiger partial charge in [0.05, 0.1) is 6.61 Å². The Morgan fingerprint density at radius 3 is 2.94 bits per heavy atom. The molecule has 2 rings (SSSR count). The Kier molecular flexibility index (Phi) is 4.19. The molecule has 0 bridgehead atoms. The van der Waals surface area contributed by atoms with Gasteiger partial charge in [-0.1, -0.05) is 0 Å². The van der Waals surface area contributed by atoms with Crippen molar-refractivity contribution in [3.63, 3.8) is 0 Å². The summed E-state index contributed by atoms with van der Waals surface area (Å²) in [7, 11) is 1.93. The van der Waals surface area contributed by atoms with Crippen LogP contribution in [0.15, 0.2) is 0 Å². The Labute approximate surface area is 98.6 Å². The number of hydrogen-bond acceptors (Lipinski definition) is 4. The number of fused-ring (bicyclic) bond motifs is 1. The van der Waals surface area contributed by atoms with Crippen LogP contribution in [-0.2, 0) is 0 Å². The van der Waals surface area contributed by atoms with E-state index in [-0.39, 0.29) is 12.6 Å². The third kappa shape index (κ3) is 2.56. The maximum Gasteiger partial charge on any atom is 0.0597 e. The number of rotatable bonds is 4.